The monoisotopic (exact) mass is 420 g/mol. The van der Waals surface area contributed by atoms with E-state index in [4.69, 9.17) is 4.74 Å². The molecule has 1 fully saturated rings. The summed E-state index contributed by atoms with van der Waals surface area (Å²) in [5.41, 5.74) is 6.62. The normalized spacial score (nSPS) is 17.4. The first-order chi connectivity index (χ1) is 13.7. The Bertz CT molecular complexity index is 817. The lowest BCUT2D eigenvalue weighted by atomic mass is 10.00. The molecule has 1 aliphatic heterocycles. The molecule has 2 aromatic rings. The van der Waals surface area contributed by atoms with Crippen LogP contribution in [0.3, 0.4) is 0 Å². The summed E-state index contributed by atoms with van der Waals surface area (Å²) < 4.78 is 5.34. The molecule has 1 saturated heterocycles. The van der Waals surface area contributed by atoms with Gasteiger partial charge in [-0.3, -0.25) is 20.4 Å². The number of aromatic nitrogens is 1. The SMILES string of the molecule is O=C(NNC(=O)c1cc2c(s1)CCCCCC2)c1csc(N2CCOCC2)n1. The molecule has 4 rings (SSSR count). The maximum atomic E-state index is 12.5. The van der Waals surface area contributed by atoms with Gasteiger partial charge in [-0.2, -0.15) is 0 Å². The number of carbonyl (C=O) groups is 2. The summed E-state index contributed by atoms with van der Waals surface area (Å²) in [6.07, 6.45) is 6.96. The Morgan fingerprint density at radius 3 is 2.61 bits per heavy atom. The fourth-order valence-electron chi connectivity index (χ4n) is 3.46. The van der Waals surface area contributed by atoms with E-state index in [2.05, 4.69) is 20.7 Å². The van der Waals surface area contributed by atoms with Gasteiger partial charge < -0.3 is 9.64 Å². The second kappa shape index (κ2) is 9.02. The van der Waals surface area contributed by atoms with Gasteiger partial charge in [0, 0.05) is 23.3 Å². The molecule has 0 aromatic carbocycles. The minimum atomic E-state index is -0.404. The number of thiophene rings is 1. The fourth-order valence-corrected chi connectivity index (χ4v) is 5.47. The van der Waals surface area contributed by atoms with Gasteiger partial charge in [-0.15, -0.1) is 22.7 Å². The second-order valence-corrected chi connectivity index (χ2v) is 8.97. The van der Waals surface area contributed by atoms with Crippen LogP contribution in [0.4, 0.5) is 5.13 Å². The maximum Gasteiger partial charge on any atom is 0.289 e. The summed E-state index contributed by atoms with van der Waals surface area (Å²) >= 11 is 2.97. The maximum absolute atomic E-state index is 12.5. The Hall–Kier alpha value is -1.97. The zero-order chi connectivity index (χ0) is 19.3. The molecule has 2 N–H and O–H groups in total. The smallest absolute Gasteiger partial charge is 0.289 e. The van der Waals surface area contributed by atoms with Gasteiger partial charge in [-0.25, -0.2) is 4.98 Å². The van der Waals surface area contributed by atoms with Crippen LogP contribution in [0.5, 0.6) is 0 Å². The summed E-state index contributed by atoms with van der Waals surface area (Å²) in [5.74, 6) is -0.673. The molecule has 7 nitrogen and oxygen atoms in total. The van der Waals surface area contributed by atoms with E-state index < -0.39 is 5.91 Å². The molecule has 0 unspecified atom stereocenters. The van der Waals surface area contributed by atoms with E-state index in [1.165, 1.54) is 47.5 Å². The molecule has 2 aliphatic rings. The average Bonchev–Trinajstić information content (AvgIpc) is 3.34. The standard InChI is InChI=1S/C19H24N4O3S2/c24-17(14-12-27-19(20-14)23-7-9-26-10-8-23)21-22-18(25)16-11-13-5-3-1-2-4-6-15(13)28-16/h11-12H,1-10H2,(H,21,24)(H,22,25). The van der Waals surface area contributed by atoms with Crippen LogP contribution >= 0.6 is 22.7 Å². The van der Waals surface area contributed by atoms with Crippen LogP contribution in [0, 0.1) is 0 Å². The molecule has 2 amide bonds. The van der Waals surface area contributed by atoms with Crippen molar-refractivity contribution in [2.24, 2.45) is 0 Å². The summed E-state index contributed by atoms with van der Waals surface area (Å²) in [5, 5.41) is 2.51. The van der Waals surface area contributed by atoms with Gasteiger partial charge >= 0.3 is 0 Å². The van der Waals surface area contributed by atoms with Gasteiger partial charge in [0.1, 0.15) is 5.69 Å². The van der Waals surface area contributed by atoms with E-state index in [0.717, 1.165) is 31.1 Å². The summed E-state index contributed by atoms with van der Waals surface area (Å²) in [4.78, 5) is 33.3. The first-order valence-electron chi connectivity index (χ1n) is 9.71. The van der Waals surface area contributed by atoms with Gasteiger partial charge in [0.15, 0.2) is 5.13 Å². The number of rotatable bonds is 3. The Balaban J connectivity index is 1.34. The number of fused-ring (bicyclic) bond motifs is 1. The molecular formula is C19H24N4O3S2. The van der Waals surface area contributed by atoms with Crippen molar-refractivity contribution in [2.75, 3.05) is 31.2 Å². The number of amides is 2. The van der Waals surface area contributed by atoms with Crippen LogP contribution in [0.2, 0.25) is 0 Å². The van der Waals surface area contributed by atoms with Crippen molar-refractivity contribution in [3.63, 3.8) is 0 Å². The van der Waals surface area contributed by atoms with Crippen LogP contribution < -0.4 is 15.8 Å². The number of thiazole rings is 1. The van der Waals surface area contributed by atoms with Crippen molar-refractivity contribution in [1.82, 2.24) is 15.8 Å². The first-order valence-corrected chi connectivity index (χ1v) is 11.4. The number of hydrogen-bond acceptors (Lipinski definition) is 7. The Morgan fingerprint density at radius 1 is 1.04 bits per heavy atom. The lowest BCUT2D eigenvalue weighted by molar-refractivity contribution is 0.0846. The van der Waals surface area contributed by atoms with Crippen molar-refractivity contribution < 1.29 is 14.3 Å². The number of nitrogens with zero attached hydrogens (tertiary/aromatic N) is 2. The first kappa shape index (κ1) is 19.4. The average molecular weight is 421 g/mol. The molecule has 2 aromatic heterocycles. The predicted octanol–water partition coefficient (Wildman–Crippen LogP) is 2.78. The topological polar surface area (TPSA) is 83.6 Å². The lowest BCUT2D eigenvalue weighted by Crippen LogP contribution is -2.41. The van der Waals surface area contributed by atoms with E-state index in [0.29, 0.717) is 23.8 Å². The number of hydrazine groups is 1. The molecule has 0 radical (unpaired) electrons. The van der Waals surface area contributed by atoms with Gasteiger partial charge in [0.2, 0.25) is 0 Å². The summed E-state index contributed by atoms with van der Waals surface area (Å²) in [6.45, 7) is 2.88. The van der Waals surface area contributed by atoms with Crippen LogP contribution in [-0.4, -0.2) is 43.1 Å². The molecule has 0 spiro atoms. The van der Waals surface area contributed by atoms with Crippen molar-refractivity contribution >= 4 is 39.6 Å². The van der Waals surface area contributed by atoms with E-state index >= 15 is 0 Å². The number of anilines is 1. The third-order valence-corrected chi connectivity index (χ3v) is 7.15. The van der Waals surface area contributed by atoms with Gasteiger partial charge in [0.25, 0.3) is 11.8 Å². The van der Waals surface area contributed by atoms with Gasteiger partial charge in [-0.05, 0) is 37.3 Å². The number of hydrogen-bond donors (Lipinski definition) is 2. The Labute approximate surface area is 172 Å². The number of aryl methyl sites for hydroxylation is 2. The zero-order valence-electron chi connectivity index (χ0n) is 15.7. The third-order valence-electron chi connectivity index (χ3n) is 5.02. The Morgan fingerprint density at radius 2 is 1.79 bits per heavy atom. The molecule has 3 heterocycles. The molecule has 0 atom stereocenters. The fraction of sp³-hybridized carbons (Fsp3) is 0.526. The van der Waals surface area contributed by atoms with Crippen molar-refractivity contribution in [2.45, 2.75) is 38.5 Å². The number of nitrogens with one attached hydrogen (secondary N) is 2. The van der Waals surface area contributed by atoms with E-state index in [1.807, 2.05) is 6.07 Å². The van der Waals surface area contributed by atoms with Crippen molar-refractivity contribution in [3.05, 3.63) is 32.5 Å². The number of carbonyl (C=O) groups excluding carboxylic acids is 2. The van der Waals surface area contributed by atoms with Gasteiger partial charge in [-0.1, -0.05) is 12.8 Å². The largest absolute Gasteiger partial charge is 0.378 e. The van der Waals surface area contributed by atoms with Crippen LogP contribution in [-0.2, 0) is 17.6 Å². The van der Waals surface area contributed by atoms with Crippen LogP contribution in [0.1, 0.15) is 56.3 Å². The summed E-state index contributed by atoms with van der Waals surface area (Å²) in [7, 11) is 0. The highest BCUT2D eigenvalue weighted by atomic mass is 32.1. The van der Waals surface area contributed by atoms with Crippen molar-refractivity contribution in [3.8, 4) is 0 Å². The highest BCUT2D eigenvalue weighted by molar-refractivity contribution is 7.14. The third kappa shape index (κ3) is 4.53. The second-order valence-electron chi connectivity index (χ2n) is 7.00. The summed E-state index contributed by atoms with van der Waals surface area (Å²) in [6, 6.07) is 1.98. The van der Waals surface area contributed by atoms with Crippen LogP contribution in [0.15, 0.2) is 11.4 Å². The molecular weight excluding hydrogens is 396 g/mol. The zero-order valence-corrected chi connectivity index (χ0v) is 17.3. The van der Waals surface area contributed by atoms with E-state index in [-0.39, 0.29) is 5.91 Å². The van der Waals surface area contributed by atoms with Gasteiger partial charge in [0.05, 0.1) is 18.1 Å². The van der Waals surface area contributed by atoms with Crippen LogP contribution in [0.25, 0.3) is 0 Å². The minimum absolute atomic E-state index is 0.270. The number of morpholine rings is 1. The molecule has 0 bridgehead atoms. The van der Waals surface area contributed by atoms with E-state index in [1.54, 1.807) is 16.7 Å². The molecule has 150 valence electrons. The molecule has 28 heavy (non-hydrogen) atoms. The molecule has 1 aliphatic carbocycles. The number of ether oxygens (including phenoxy) is 1. The predicted molar refractivity (Wildman–Crippen MR) is 110 cm³/mol. The van der Waals surface area contributed by atoms with Crippen molar-refractivity contribution in [1.29, 1.82) is 0 Å². The highest BCUT2D eigenvalue weighted by Crippen LogP contribution is 2.28. The lowest BCUT2D eigenvalue weighted by Gasteiger charge is -2.25. The molecule has 0 saturated carbocycles. The quantitative estimate of drug-likeness (QED) is 0.746. The molecule has 9 heteroatoms. The Kier molecular flexibility index (Phi) is 6.23. The highest BCUT2D eigenvalue weighted by Gasteiger charge is 2.19. The van der Waals surface area contributed by atoms with E-state index in [9.17, 15) is 9.59 Å². The minimum Gasteiger partial charge on any atom is -0.378 e.